The SMILES string of the molecule is Nc1ncnc(Nc2ccc(Cl)cc2)c1C=O. The average molecular weight is 249 g/mol. The van der Waals surface area contributed by atoms with E-state index < -0.39 is 0 Å². The summed E-state index contributed by atoms with van der Waals surface area (Å²) in [7, 11) is 0. The molecule has 0 aliphatic heterocycles. The van der Waals surface area contributed by atoms with Gasteiger partial charge in [0.2, 0.25) is 0 Å². The first-order valence-corrected chi connectivity index (χ1v) is 5.16. The Kier molecular flexibility index (Phi) is 3.20. The molecular weight excluding hydrogens is 240 g/mol. The second-order valence-electron chi connectivity index (χ2n) is 3.27. The van der Waals surface area contributed by atoms with Crippen molar-refractivity contribution in [2.75, 3.05) is 11.1 Å². The molecule has 0 amide bonds. The van der Waals surface area contributed by atoms with Crippen LogP contribution < -0.4 is 11.1 Å². The van der Waals surface area contributed by atoms with Gasteiger partial charge in [-0.1, -0.05) is 11.6 Å². The standard InChI is InChI=1S/C11H9ClN4O/c12-7-1-3-8(4-2-7)16-11-9(5-17)10(13)14-6-15-11/h1-6H,(H3,13,14,15,16). The van der Waals surface area contributed by atoms with E-state index in [-0.39, 0.29) is 11.4 Å². The lowest BCUT2D eigenvalue weighted by Crippen LogP contribution is -2.04. The van der Waals surface area contributed by atoms with Crippen molar-refractivity contribution in [2.24, 2.45) is 0 Å². The molecule has 0 atom stereocenters. The minimum absolute atomic E-state index is 0.145. The summed E-state index contributed by atoms with van der Waals surface area (Å²) < 4.78 is 0. The minimum atomic E-state index is 0.145. The summed E-state index contributed by atoms with van der Waals surface area (Å²) in [5.74, 6) is 0.515. The van der Waals surface area contributed by atoms with E-state index in [0.29, 0.717) is 17.1 Å². The van der Waals surface area contributed by atoms with Gasteiger partial charge in [0.05, 0.1) is 5.56 Å². The number of nitrogens with zero attached hydrogens (tertiary/aromatic N) is 2. The molecule has 0 unspecified atom stereocenters. The van der Waals surface area contributed by atoms with Crippen molar-refractivity contribution in [3.05, 3.63) is 41.2 Å². The van der Waals surface area contributed by atoms with Gasteiger partial charge >= 0.3 is 0 Å². The van der Waals surface area contributed by atoms with Gasteiger partial charge in [-0.2, -0.15) is 0 Å². The average Bonchev–Trinajstić information content (AvgIpc) is 2.32. The molecule has 6 heteroatoms. The highest BCUT2D eigenvalue weighted by Gasteiger charge is 2.07. The van der Waals surface area contributed by atoms with Crippen LogP contribution in [0, 0.1) is 0 Å². The minimum Gasteiger partial charge on any atom is -0.383 e. The summed E-state index contributed by atoms with van der Waals surface area (Å²) in [6.07, 6.45) is 1.91. The van der Waals surface area contributed by atoms with Gasteiger partial charge in [-0.15, -0.1) is 0 Å². The van der Waals surface area contributed by atoms with E-state index in [9.17, 15) is 4.79 Å². The predicted molar refractivity (Wildman–Crippen MR) is 66.6 cm³/mol. The smallest absolute Gasteiger partial charge is 0.157 e. The first kappa shape index (κ1) is 11.3. The number of carbonyl (C=O) groups is 1. The molecule has 0 saturated heterocycles. The number of nitrogens with one attached hydrogen (secondary N) is 1. The molecule has 0 spiro atoms. The maximum absolute atomic E-state index is 10.9. The number of rotatable bonds is 3. The Labute approximate surface area is 103 Å². The summed E-state index contributed by atoms with van der Waals surface area (Å²) in [6, 6.07) is 7.01. The monoisotopic (exact) mass is 248 g/mol. The topological polar surface area (TPSA) is 80.9 Å². The van der Waals surface area contributed by atoms with E-state index in [1.165, 1.54) is 6.33 Å². The number of hydrogen-bond acceptors (Lipinski definition) is 5. The van der Waals surface area contributed by atoms with Crippen LogP contribution in [0.1, 0.15) is 10.4 Å². The Morgan fingerprint density at radius 2 is 1.94 bits per heavy atom. The number of halogens is 1. The molecule has 0 fully saturated rings. The van der Waals surface area contributed by atoms with Crippen LogP contribution in [0.2, 0.25) is 5.02 Å². The summed E-state index contributed by atoms with van der Waals surface area (Å²) in [4.78, 5) is 18.6. The Morgan fingerprint density at radius 1 is 1.24 bits per heavy atom. The molecule has 2 aromatic rings. The fourth-order valence-corrected chi connectivity index (χ4v) is 1.42. The summed E-state index contributed by atoms with van der Waals surface area (Å²) in [5.41, 5.74) is 6.56. The van der Waals surface area contributed by atoms with Crippen molar-refractivity contribution in [3.8, 4) is 0 Å². The van der Waals surface area contributed by atoms with Gasteiger partial charge in [0.25, 0.3) is 0 Å². The van der Waals surface area contributed by atoms with Crippen molar-refractivity contribution in [2.45, 2.75) is 0 Å². The van der Waals surface area contributed by atoms with Crippen LogP contribution in [-0.2, 0) is 0 Å². The van der Waals surface area contributed by atoms with Crippen LogP contribution >= 0.6 is 11.6 Å². The van der Waals surface area contributed by atoms with Gasteiger partial charge in [0.1, 0.15) is 18.0 Å². The van der Waals surface area contributed by atoms with E-state index in [0.717, 1.165) is 5.69 Å². The fourth-order valence-electron chi connectivity index (χ4n) is 1.29. The molecule has 0 aliphatic carbocycles. The number of carbonyl (C=O) groups excluding carboxylic acids is 1. The van der Waals surface area contributed by atoms with Gasteiger partial charge in [-0.25, -0.2) is 9.97 Å². The molecule has 0 saturated carbocycles. The molecular formula is C11H9ClN4O. The number of anilines is 3. The van der Waals surface area contributed by atoms with Crippen molar-refractivity contribution in [3.63, 3.8) is 0 Å². The summed E-state index contributed by atoms with van der Waals surface area (Å²) >= 11 is 5.77. The number of aldehydes is 1. The Hall–Kier alpha value is -2.14. The molecule has 17 heavy (non-hydrogen) atoms. The molecule has 1 aromatic carbocycles. The fraction of sp³-hybridized carbons (Fsp3) is 0. The molecule has 5 nitrogen and oxygen atoms in total. The van der Waals surface area contributed by atoms with Crippen molar-refractivity contribution in [1.29, 1.82) is 0 Å². The molecule has 1 heterocycles. The van der Waals surface area contributed by atoms with Crippen molar-refractivity contribution < 1.29 is 4.79 Å². The Balaban J connectivity index is 2.33. The molecule has 2 rings (SSSR count). The predicted octanol–water partition coefficient (Wildman–Crippen LogP) is 2.27. The Bertz CT molecular complexity index is 542. The number of aromatic nitrogens is 2. The van der Waals surface area contributed by atoms with Crippen molar-refractivity contribution >= 4 is 35.2 Å². The molecule has 86 valence electrons. The molecule has 0 radical (unpaired) electrons. The zero-order chi connectivity index (χ0) is 12.3. The first-order valence-electron chi connectivity index (χ1n) is 4.79. The highest BCUT2D eigenvalue weighted by atomic mass is 35.5. The van der Waals surface area contributed by atoms with Crippen LogP contribution in [0.15, 0.2) is 30.6 Å². The van der Waals surface area contributed by atoms with E-state index in [4.69, 9.17) is 17.3 Å². The van der Waals surface area contributed by atoms with Gasteiger partial charge in [-0.3, -0.25) is 4.79 Å². The summed E-state index contributed by atoms with van der Waals surface area (Å²) in [6.45, 7) is 0. The van der Waals surface area contributed by atoms with E-state index in [1.54, 1.807) is 24.3 Å². The number of nitrogens with two attached hydrogens (primary N) is 1. The lowest BCUT2D eigenvalue weighted by Gasteiger charge is -2.08. The zero-order valence-corrected chi connectivity index (χ0v) is 9.48. The molecule has 3 N–H and O–H groups in total. The Morgan fingerprint density at radius 3 is 2.59 bits per heavy atom. The summed E-state index contributed by atoms with van der Waals surface area (Å²) in [5, 5.41) is 3.60. The maximum atomic E-state index is 10.9. The third kappa shape index (κ3) is 2.51. The zero-order valence-electron chi connectivity index (χ0n) is 8.72. The largest absolute Gasteiger partial charge is 0.383 e. The van der Waals surface area contributed by atoms with Crippen LogP contribution in [0.5, 0.6) is 0 Å². The molecule has 0 bridgehead atoms. The van der Waals surface area contributed by atoms with Crippen LogP contribution in [-0.4, -0.2) is 16.3 Å². The molecule has 0 aliphatic rings. The van der Waals surface area contributed by atoms with Crippen LogP contribution in [0.25, 0.3) is 0 Å². The van der Waals surface area contributed by atoms with Crippen LogP contribution in [0.3, 0.4) is 0 Å². The van der Waals surface area contributed by atoms with Gasteiger partial charge in [0.15, 0.2) is 6.29 Å². The van der Waals surface area contributed by atoms with Gasteiger partial charge in [-0.05, 0) is 24.3 Å². The number of hydrogen-bond donors (Lipinski definition) is 2. The molecule has 1 aromatic heterocycles. The third-order valence-electron chi connectivity index (χ3n) is 2.14. The lowest BCUT2D eigenvalue weighted by molar-refractivity contribution is 0.112. The first-order chi connectivity index (χ1) is 8.20. The lowest BCUT2D eigenvalue weighted by atomic mass is 10.2. The third-order valence-corrected chi connectivity index (χ3v) is 2.39. The normalized spacial score (nSPS) is 9.94. The van der Waals surface area contributed by atoms with E-state index in [1.807, 2.05) is 0 Å². The number of nitrogen functional groups attached to an aromatic ring is 1. The highest BCUT2D eigenvalue weighted by Crippen LogP contribution is 2.21. The van der Waals surface area contributed by atoms with Crippen LogP contribution in [0.4, 0.5) is 17.3 Å². The maximum Gasteiger partial charge on any atom is 0.157 e. The van der Waals surface area contributed by atoms with Gasteiger partial charge in [0, 0.05) is 10.7 Å². The van der Waals surface area contributed by atoms with E-state index >= 15 is 0 Å². The van der Waals surface area contributed by atoms with Gasteiger partial charge < -0.3 is 11.1 Å². The van der Waals surface area contributed by atoms with Crippen molar-refractivity contribution in [1.82, 2.24) is 9.97 Å². The second-order valence-corrected chi connectivity index (χ2v) is 3.71. The highest BCUT2D eigenvalue weighted by molar-refractivity contribution is 6.30. The second kappa shape index (κ2) is 4.80. The van der Waals surface area contributed by atoms with E-state index in [2.05, 4.69) is 15.3 Å². The quantitative estimate of drug-likeness (QED) is 0.815. The number of benzene rings is 1.